The summed E-state index contributed by atoms with van der Waals surface area (Å²) in [5.74, 6) is 0.938. The first-order valence-electron chi connectivity index (χ1n) is 5.45. The third kappa shape index (κ3) is 1.75. The van der Waals surface area contributed by atoms with Gasteiger partial charge in [0.05, 0.1) is 7.11 Å². The van der Waals surface area contributed by atoms with Crippen molar-refractivity contribution in [1.29, 1.82) is 0 Å². The van der Waals surface area contributed by atoms with E-state index in [4.69, 9.17) is 4.74 Å². The molecule has 0 aliphatic rings. The van der Waals surface area contributed by atoms with Crippen LogP contribution in [0.2, 0.25) is 0 Å². The van der Waals surface area contributed by atoms with Gasteiger partial charge in [-0.3, -0.25) is 4.98 Å². The highest BCUT2D eigenvalue weighted by atomic mass is 16.5. The van der Waals surface area contributed by atoms with Crippen LogP contribution < -0.4 is 4.74 Å². The maximum absolute atomic E-state index is 5.45. The topological polar surface area (TPSA) is 22.1 Å². The van der Waals surface area contributed by atoms with Gasteiger partial charge < -0.3 is 4.74 Å². The van der Waals surface area contributed by atoms with Crippen LogP contribution in [0.25, 0.3) is 10.8 Å². The van der Waals surface area contributed by atoms with Crippen molar-refractivity contribution in [3.63, 3.8) is 0 Å². The summed E-state index contributed by atoms with van der Waals surface area (Å²) in [7, 11) is 1.72. The number of aromatic nitrogens is 1. The Morgan fingerprint density at radius 2 is 1.88 bits per heavy atom. The standard InChI is InChI=1S/C14H17NO/c1-14(2,3)13-11-9-15-8-7-10(11)5-6-12(13)16-4/h5-9H,1-4H3. The summed E-state index contributed by atoms with van der Waals surface area (Å²) in [5, 5.41) is 2.38. The molecule has 2 aromatic rings. The molecule has 2 rings (SSSR count). The SMILES string of the molecule is COc1ccc2ccncc2c1C(C)(C)C. The lowest BCUT2D eigenvalue weighted by Gasteiger charge is -2.23. The molecule has 0 N–H and O–H groups in total. The van der Waals surface area contributed by atoms with Crippen LogP contribution in [-0.4, -0.2) is 12.1 Å². The molecular formula is C14H17NO. The first-order valence-corrected chi connectivity index (χ1v) is 5.45. The lowest BCUT2D eigenvalue weighted by Crippen LogP contribution is -2.13. The van der Waals surface area contributed by atoms with E-state index in [0.717, 1.165) is 5.75 Å². The molecule has 1 aromatic carbocycles. The zero-order valence-electron chi connectivity index (χ0n) is 10.2. The number of nitrogens with zero attached hydrogens (tertiary/aromatic N) is 1. The van der Waals surface area contributed by atoms with Crippen molar-refractivity contribution in [2.75, 3.05) is 7.11 Å². The molecule has 0 amide bonds. The number of ether oxygens (including phenoxy) is 1. The van der Waals surface area contributed by atoms with Gasteiger partial charge in [-0.1, -0.05) is 26.8 Å². The summed E-state index contributed by atoms with van der Waals surface area (Å²) in [5.41, 5.74) is 1.27. The Morgan fingerprint density at radius 3 is 2.50 bits per heavy atom. The molecule has 1 heterocycles. The second-order valence-electron chi connectivity index (χ2n) is 4.99. The van der Waals surface area contributed by atoms with E-state index in [9.17, 15) is 0 Å². The highest BCUT2D eigenvalue weighted by Crippen LogP contribution is 2.36. The number of hydrogen-bond acceptors (Lipinski definition) is 2. The van der Waals surface area contributed by atoms with Crippen molar-refractivity contribution in [3.05, 3.63) is 36.2 Å². The van der Waals surface area contributed by atoms with Crippen molar-refractivity contribution in [2.24, 2.45) is 0 Å². The van der Waals surface area contributed by atoms with Gasteiger partial charge in [0, 0.05) is 23.3 Å². The summed E-state index contributed by atoms with van der Waals surface area (Å²) in [4.78, 5) is 4.21. The summed E-state index contributed by atoms with van der Waals surface area (Å²) < 4.78 is 5.45. The highest BCUT2D eigenvalue weighted by Gasteiger charge is 2.21. The van der Waals surface area contributed by atoms with Crippen molar-refractivity contribution < 1.29 is 4.74 Å². The van der Waals surface area contributed by atoms with E-state index < -0.39 is 0 Å². The van der Waals surface area contributed by atoms with Crippen LogP contribution in [0.3, 0.4) is 0 Å². The van der Waals surface area contributed by atoms with Crippen LogP contribution >= 0.6 is 0 Å². The third-order valence-electron chi connectivity index (χ3n) is 2.75. The maximum Gasteiger partial charge on any atom is 0.123 e. The Balaban J connectivity index is 2.84. The van der Waals surface area contributed by atoms with Crippen LogP contribution in [0, 0.1) is 0 Å². The Bertz CT molecular complexity index is 512. The molecule has 0 bridgehead atoms. The van der Waals surface area contributed by atoms with Crippen LogP contribution in [0.1, 0.15) is 26.3 Å². The molecule has 0 aliphatic heterocycles. The van der Waals surface area contributed by atoms with Gasteiger partial charge in [0.15, 0.2) is 0 Å². The van der Waals surface area contributed by atoms with Crippen molar-refractivity contribution in [3.8, 4) is 5.75 Å². The molecule has 0 atom stereocenters. The average Bonchev–Trinajstić information content (AvgIpc) is 2.26. The first kappa shape index (κ1) is 10.9. The summed E-state index contributed by atoms with van der Waals surface area (Å²) in [6.07, 6.45) is 3.74. The van der Waals surface area contributed by atoms with Crippen LogP contribution in [0.5, 0.6) is 5.75 Å². The van der Waals surface area contributed by atoms with Gasteiger partial charge in [-0.05, 0) is 22.9 Å². The van der Waals surface area contributed by atoms with Crippen molar-refractivity contribution in [2.45, 2.75) is 26.2 Å². The highest BCUT2D eigenvalue weighted by molar-refractivity contribution is 5.87. The van der Waals surface area contributed by atoms with E-state index in [2.05, 4.69) is 31.8 Å². The number of pyridine rings is 1. The summed E-state index contributed by atoms with van der Waals surface area (Å²) in [6.45, 7) is 6.58. The molecule has 0 saturated heterocycles. The second kappa shape index (κ2) is 3.78. The van der Waals surface area contributed by atoms with E-state index >= 15 is 0 Å². The number of hydrogen-bond donors (Lipinski definition) is 0. The predicted molar refractivity (Wildman–Crippen MR) is 67.0 cm³/mol. The Morgan fingerprint density at radius 1 is 1.12 bits per heavy atom. The number of methoxy groups -OCH3 is 1. The lowest BCUT2D eigenvalue weighted by molar-refractivity contribution is 0.399. The molecule has 2 heteroatoms. The lowest BCUT2D eigenvalue weighted by atomic mass is 9.83. The minimum atomic E-state index is 0.0495. The third-order valence-corrected chi connectivity index (χ3v) is 2.75. The van der Waals surface area contributed by atoms with Gasteiger partial charge in [0.25, 0.3) is 0 Å². The second-order valence-corrected chi connectivity index (χ2v) is 4.99. The van der Waals surface area contributed by atoms with E-state index in [1.807, 2.05) is 24.5 Å². The monoisotopic (exact) mass is 215 g/mol. The smallest absolute Gasteiger partial charge is 0.123 e. The van der Waals surface area contributed by atoms with E-state index in [-0.39, 0.29) is 5.41 Å². The largest absolute Gasteiger partial charge is 0.496 e. The zero-order valence-corrected chi connectivity index (χ0v) is 10.2. The van der Waals surface area contributed by atoms with Gasteiger partial charge in [-0.25, -0.2) is 0 Å². The fraction of sp³-hybridized carbons (Fsp3) is 0.357. The van der Waals surface area contributed by atoms with Gasteiger partial charge in [-0.2, -0.15) is 0 Å². The van der Waals surface area contributed by atoms with Crippen molar-refractivity contribution >= 4 is 10.8 Å². The Hall–Kier alpha value is -1.57. The average molecular weight is 215 g/mol. The quantitative estimate of drug-likeness (QED) is 0.726. The number of rotatable bonds is 1. The molecule has 0 saturated carbocycles. The zero-order chi connectivity index (χ0) is 11.8. The summed E-state index contributed by atoms with van der Waals surface area (Å²) in [6, 6.07) is 6.14. The summed E-state index contributed by atoms with van der Waals surface area (Å²) >= 11 is 0. The molecule has 0 spiro atoms. The fourth-order valence-electron chi connectivity index (χ4n) is 2.08. The molecule has 0 radical (unpaired) electrons. The Kier molecular flexibility index (Phi) is 2.58. The minimum absolute atomic E-state index is 0.0495. The molecule has 2 nitrogen and oxygen atoms in total. The number of fused-ring (bicyclic) bond motifs is 1. The van der Waals surface area contributed by atoms with Crippen LogP contribution in [0.15, 0.2) is 30.6 Å². The molecule has 0 unspecified atom stereocenters. The molecule has 0 fully saturated rings. The van der Waals surface area contributed by atoms with Gasteiger partial charge >= 0.3 is 0 Å². The normalized spacial score (nSPS) is 11.8. The minimum Gasteiger partial charge on any atom is -0.496 e. The molecular weight excluding hydrogens is 198 g/mol. The molecule has 16 heavy (non-hydrogen) atoms. The van der Waals surface area contributed by atoms with Crippen LogP contribution in [-0.2, 0) is 5.41 Å². The van der Waals surface area contributed by atoms with Gasteiger partial charge in [-0.15, -0.1) is 0 Å². The molecule has 1 aromatic heterocycles. The van der Waals surface area contributed by atoms with Crippen LogP contribution in [0.4, 0.5) is 0 Å². The van der Waals surface area contributed by atoms with E-state index in [1.165, 1.54) is 16.3 Å². The first-order chi connectivity index (χ1) is 7.54. The Labute approximate surface area is 96.3 Å². The predicted octanol–water partition coefficient (Wildman–Crippen LogP) is 3.54. The fourth-order valence-corrected chi connectivity index (χ4v) is 2.08. The van der Waals surface area contributed by atoms with Gasteiger partial charge in [0.2, 0.25) is 0 Å². The van der Waals surface area contributed by atoms with Gasteiger partial charge in [0.1, 0.15) is 5.75 Å². The van der Waals surface area contributed by atoms with Crippen molar-refractivity contribution in [1.82, 2.24) is 4.98 Å². The van der Waals surface area contributed by atoms with E-state index in [0.29, 0.717) is 0 Å². The molecule has 84 valence electrons. The maximum atomic E-state index is 5.45. The molecule has 0 aliphatic carbocycles. The number of benzene rings is 1. The van der Waals surface area contributed by atoms with E-state index in [1.54, 1.807) is 7.11 Å².